The highest BCUT2D eigenvalue weighted by molar-refractivity contribution is 5.79. The maximum Gasteiger partial charge on any atom is 0.509 e. The molecule has 0 aromatic heterocycles. The van der Waals surface area contributed by atoms with Crippen LogP contribution in [0.5, 0.6) is 0 Å². The summed E-state index contributed by atoms with van der Waals surface area (Å²) in [7, 11) is 2.13. The van der Waals surface area contributed by atoms with Crippen LogP contribution in [0.4, 0.5) is 4.79 Å². The summed E-state index contributed by atoms with van der Waals surface area (Å²) >= 11 is 0. The van der Waals surface area contributed by atoms with Gasteiger partial charge in [0, 0.05) is 30.5 Å². The van der Waals surface area contributed by atoms with Gasteiger partial charge in [0.15, 0.2) is 0 Å². The Morgan fingerprint density at radius 3 is 2.40 bits per heavy atom. The number of hydrogen-bond donors (Lipinski definition) is 0. The number of hydrogen-bond acceptors (Lipinski definition) is 6. The Kier molecular flexibility index (Phi) is 5.58. The highest BCUT2D eigenvalue weighted by Crippen LogP contribution is 2.35. The molecule has 3 atom stereocenters. The van der Waals surface area contributed by atoms with E-state index >= 15 is 0 Å². The molecule has 2 aliphatic rings. The lowest BCUT2D eigenvalue weighted by Gasteiger charge is -2.35. The standard InChI is InChI=1S/C19H25NO5/c1-3-23-18(21)17(13-7-5-4-6-8-13)25-19(22)24-16-11-14-9-10-15(12-16)20(14)2/h4-8,14-17H,3,9-12H2,1-2H3. The Bertz CT molecular complexity index is 591. The van der Waals surface area contributed by atoms with Gasteiger partial charge >= 0.3 is 12.1 Å². The fourth-order valence-corrected chi connectivity index (χ4v) is 3.82. The highest BCUT2D eigenvalue weighted by Gasteiger charge is 2.40. The molecule has 3 rings (SSSR count). The van der Waals surface area contributed by atoms with Crippen LogP contribution in [0.25, 0.3) is 0 Å². The monoisotopic (exact) mass is 347 g/mol. The molecule has 0 spiro atoms. The Labute approximate surface area is 148 Å². The van der Waals surface area contributed by atoms with E-state index in [1.807, 2.05) is 6.07 Å². The largest absolute Gasteiger partial charge is 0.509 e. The number of rotatable bonds is 5. The number of ether oxygens (including phenoxy) is 3. The lowest BCUT2D eigenvalue weighted by molar-refractivity contribution is -0.155. The molecule has 2 saturated heterocycles. The van der Waals surface area contributed by atoms with Crippen molar-refractivity contribution in [3.8, 4) is 0 Å². The number of benzene rings is 1. The van der Waals surface area contributed by atoms with Crippen LogP contribution in [-0.2, 0) is 19.0 Å². The lowest BCUT2D eigenvalue weighted by Crippen LogP contribution is -2.43. The minimum atomic E-state index is -1.10. The third-order valence-electron chi connectivity index (χ3n) is 5.13. The van der Waals surface area contributed by atoms with Gasteiger partial charge in [0.1, 0.15) is 6.10 Å². The average Bonchev–Trinajstić information content (AvgIpc) is 2.82. The minimum Gasteiger partial charge on any atom is -0.463 e. The van der Waals surface area contributed by atoms with Gasteiger partial charge in [0.2, 0.25) is 6.10 Å². The fourth-order valence-electron chi connectivity index (χ4n) is 3.82. The predicted molar refractivity (Wildman–Crippen MR) is 91.0 cm³/mol. The van der Waals surface area contributed by atoms with Gasteiger partial charge in [0.25, 0.3) is 0 Å². The summed E-state index contributed by atoms with van der Waals surface area (Å²) in [5.41, 5.74) is 0.571. The van der Waals surface area contributed by atoms with Crippen LogP contribution in [0.1, 0.15) is 44.3 Å². The van der Waals surface area contributed by atoms with Crippen LogP contribution in [0.2, 0.25) is 0 Å². The molecule has 0 aliphatic carbocycles. The molecule has 2 heterocycles. The van der Waals surface area contributed by atoms with Crippen LogP contribution < -0.4 is 0 Å². The quantitative estimate of drug-likeness (QED) is 0.763. The van der Waals surface area contributed by atoms with Gasteiger partial charge in [0.05, 0.1) is 6.61 Å². The molecular weight excluding hydrogens is 322 g/mol. The van der Waals surface area contributed by atoms with E-state index < -0.39 is 18.2 Å². The third-order valence-corrected chi connectivity index (χ3v) is 5.13. The normalized spacial score (nSPS) is 26.7. The van der Waals surface area contributed by atoms with E-state index in [2.05, 4.69) is 11.9 Å². The van der Waals surface area contributed by atoms with Gasteiger partial charge in [-0.05, 0) is 26.8 Å². The second kappa shape index (κ2) is 7.87. The second-order valence-electron chi connectivity index (χ2n) is 6.67. The molecule has 0 saturated carbocycles. The van der Waals surface area contributed by atoms with Gasteiger partial charge in [-0.1, -0.05) is 30.3 Å². The van der Waals surface area contributed by atoms with E-state index in [-0.39, 0.29) is 12.7 Å². The number of carbonyl (C=O) groups excluding carboxylic acids is 2. The molecule has 25 heavy (non-hydrogen) atoms. The predicted octanol–water partition coefficient (Wildman–Crippen LogP) is 3.07. The van der Waals surface area contributed by atoms with Gasteiger partial charge < -0.3 is 19.1 Å². The Hall–Kier alpha value is -2.08. The van der Waals surface area contributed by atoms with Gasteiger partial charge in [-0.25, -0.2) is 9.59 Å². The zero-order valence-electron chi connectivity index (χ0n) is 14.7. The minimum absolute atomic E-state index is 0.153. The molecular formula is C19H25NO5. The summed E-state index contributed by atoms with van der Waals surface area (Å²) in [5.74, 6) is -0.589. The first-order chi connectivity index (χ1) is 12.1. The first-order valence-electron chi connectivity index (χ1n) is 8.89. The first-order valence-corrected chi connectivity index (χ1v) is 8.89. The maximum atomic E-state index is 12.3. The summed E-state index contributed by atoms with van der Waals surface area (Å²) in [4.78, 5) is 26.8. The van der Waals surface area contributed by atoms with Crippen LogP contribution in [0.3, 0.4) is 0 Å². The topological polar surface area (TPSA) is 65.1 Å². The van der Waals surface area contributed by atoms with Crippen molar-refractivity contribution in [2.24, 2.45) is 0 Å². The summed E-state index contributed by atoms with van der Waals surface area (Å²) < 4.78 is 15.9. The fraction of sp³-hybridized carbons (Fsp3) is 0.579. The second-order valence-corrected chi connectivity index (χ2v) is 6.67. The van der Waals surface area contributed by atoms with Crippen LogP contribution in [0, 0.1) is 0 Å². The molecule has 6 heteroatoms. The molecule has 2 fully saturated rings. The molecule has 1 aromatic carbocycles. The van der Waals surface area contributed by atoms with Crippen molar-refractivity contribution in [3.63, 3.8) is 0 Å². The van der Waals surface area contributed by atoms with Crippen molar-refractivity contribution in [2.45, 2.75) is 56.9 Å². The van der Waals surface area contributed by atoms with Gasteiger partial charge in [-0.15, -0.1) is 0 Å². The van der Waals surface area contributed by atoms with Crippen molar-refractivity contribution >= 4 is 12.1 Å². The summed E-state index contributed by atoms with van der Waals surface area (Å²) in [5, 5.41) is 0. The van der Waals surface area contributed by atoms with Crippen molar-refractivity contribution in [1.29, 1.82) is 0 Å². The van der Waals surface area contributed by atoms with Gasteiger partial charge in [-0.3, -0.25) is 0 Å². The number of fused-ring (bicyclic) bond motifs is 2. The van der Waals surface area contributed by atoms with E-state index in [4.69, 9.17) is 14.2 Å². The summed E-state index contributed by atoms with van der Waals surface area (Å²) in [6.07, 6.45) is 1.86. The maximum absolute atomic E-state index is 12.3. The lowest BCUT2D eigenvalue weighted by atomic mass is 10.0. The van der Waals surface area contributed by atoms with E-state index in [0.29, 0.717) is 17.6 Å². The Balaban J connectivity index is 1.61. The number of nitrogens with zero attached hydrogens (tertiary/aromatic N) is 1. The molecule has 1 aromatic rings. The van der Waals surface area contributed by atoms with Crippen molar-refractivity contribution in [1.82, 2.24) is 4.90 Å². The molecule has 0 N–H and O–H groups in total. The summed E-state index contributed by atoms with van der Waals surface area (Å²) in [6, 6.07) is 9.78. The third kappa shape index (κ3) is 4.12. The number of carbonyl (C=O) groups is 2. The number of piperidine rings is 1. The molecule has 2 aliphatic heterocycles. The zero-order chi connectivity index (χ0) is 17.8. The smallest absolute Gasteiger partial charge is 0.463 e. The Morgan fingerprint density at radius 2 is 1.80 bits per heavy atom. The van der Waals surface area contributed by atoms with E-state index in [9.17, 15) is 9.59 Å². The van der Waals surface area contributed by atoms with Crippen LogP contribution in [0.15, 0.2) is 30.3 Å². The van der Waals surface area contributed by atoms with E-state index in [1.54, 1.807) is 31.2 Å². The van der Waals surface area contributed by atoms with Crippen molar-refractivity contribution in [3.05, 3.63) is 35.9 Å². The average molecular weight is 347 g/mol. The van der Waals surface area contributed by atoms with Crippen molar-refractivity contribution in [2.75, 3.05) is 13.7 Å². The molecule has 0 radical (unpaired) electrons. The van der Waals surface area contributed by atoms with Crippen LogP contribution in [-0.4, -0.2) is 48.9 Å². The molecule has 0 amide bonds. The van der Waals surface area contributed by atoms with Crippen LogP contribution >= 0.6 is 0 Å². The molecule has 2 bridgehead atoms. The SMILES string of the molecule is CCOC(=O)C(OC(=O)OC1CC2CCC(C1)N2C)c1ccccc1. The Morgan fingerprint density at radius 1 is 1.16 bits per heavy atom. The first kappa shape index (κ1) is 17.7. The highest BCUT2D eigenvalue weighted by atomic mass is 16.7. The van der Waals surface area contributed by atoms with Gasteiger partial charge in [-0.2, -0.15) is 0 Å². The zero-order valence-corrected chi connectivity index (χ0v) is 14.7. The molecule has 136 valence electrons. The summed E-state index contributed by atoms with van der Waals surface area (Å²) in [6.45, 7) is 1.94. The van der Waals surface area contributed by atoms with E-state index in [0.717, 1.165) is 25.7 Å². The molecule has 6 nitrogen and oxygen atoms in total. The molecule has 3 unspecified atom stereocenters. The number of esters is 1. The van der Waals surface area contributed by atoms with Crippen molar-refractivity contribution < 1.29 is 23.8 Å². The van der Waals surface area contributed by atoms with E-state index in [1.165, 1.54) is 0 Å².